The van der Waals surface area contributed by atoms with Gasteiger partial charge in [-0.2, -0.15) is 10.5 Å². The van der Waals surface area contributed by atoms with Crippen molar-refractivity contribution in [2.45, 2.75) is 71.1 Å². The molecular formula is C22H28N2O. The molecule has 0 aromatic rings. The van der Waals surface area contributed by atoms with Crippen molar-refractivity contribution in [2.75, 3.05) is 0 Å². The number of ketones is 1. The van der Waals surface area contributed by atoms with Crippen LogP contribution in [0, 0.1) is 68.5 Å². The minimum absolute atomic E-state index is 0.176. The molecule has 0 radical (unpaired) electrons. The van der Waals surface area contributed by atoms with Crippen LogP contribution in [-0.2, 0) is 4.79 Å². The molecule has 4 bridgehead atoms. The third kappa shape index (κ3) is 1.83. The fourth-order valence-corrected chi connectivity index (χ4v) is 8.10. The summed E-state index contributed by atoms with van der Waals surface area (Å²) in [6.07, 6.45) is 11.0. The van der Waals surface area contributed by atoms with E-state index in [1.807, 2.05) is 0 Å². The van der Waals surface area contributed by atoms with Crippen LogP contribution < -0.4 is 0 Å². The number of hydrogen-bond donors (Lipinski definition) is 0. The van der Waals surface area contributed by atoms with Crippen molar-refractivity contribution in [3.05, 3.63) is 0 Å². The van der Waals surface area contributed by atoms with E-state index in [0.29, 0.717) is 11.7 Å². The highest BCUT2D eigenvalue weighted by Gasteiger charge is 2.82. The molecule has 1 atom stereocenters. The molecule has 0 N–H and O–H groups in total. The molecule has 25 heavy (non-hydrogen) atoms. The molecule has 0 aromatic heterocycles. The first-order valence-electron chi connectivity index (χ1n) is 10.4. The van der Waals surface area contributed by atoms with Crippen LogP contribution in [-0.4, -0.2) is 5.78 Å². The van der Waals surface area contributed by atoms with Crippen LogP contribution in [0.15, 0.2) is 0 Å². The number of Topliss-reactive ketones (excluding diaryl/α,β-unsaturated/α-hetero) is 1. The molecule has 0 saturated heterocycles. The first-order valence-corrected chi connectivity index (χ1v) is 10.4. The molecule has 132 valence electrons. The van der Waals surface area contributed by atoms with Gasteiger partial charge in [-0.1, -0.05) is 19.8 Å². The van der Waals surface area contributed by atoms with E-state index in [1.54, 1.807) is 0 Å². The highest BCUT2D eigenvalue weighted by molar-refractivity contribution is 5.94. The molecule has 6 fully saturated rings. The molecule has 6 aliphatic carbocycles. The van der Waals surface area contributed by atoms with Crippen molar-refractivity contribution in [3.8, 4) is 12.1 Å². The number of rotatable bonds is 2. The van der Waals surface area contributed by atoms with Crippen LogP contribution in [0.5, 0.6) is 0 Å². The maximum atomic E-state index is 13.8. The molecule has 0 heterocycles. The fourth-order valence-electron chi connectivity index (χ4n) is 8.10. The number of nitriles is 2. The van der Waals surface area contributed by atoms with E-state index in [4.69, 9.17) is 0 Å². The summed E-state index contributed by atoms with van der Waals surface area (Å²) in [6, 6.07) is 4.72. The molecule has 0 aliphatic heterocycles. The van der Waals surface area contributed by atoms with Crippen LogP contribution in [0.3, 0.4) is 0 Å². The molecule has 6 aliphatic rings. The molecule has 1 spiro atoms. The standard InChI is InChI=1S/C22H28N2O/c1-14-2-4-21(5-3-14)18(22(21,12-23)13-24)19(25)20-9-15-6-16(10-20)8-17(7-15)11-20/h14-18H,2-11H2,1H3. The lowest BCUT2D eigenvalue weighted by Crippen LogP contribution is -2.51. The molecule has 3 heteroatoms. The Kier molecular flexibility index (Phi) is 3.10. The van der Waals surface area contributed by atoms with Gasteiger partial charge < -0.3 is 0 Å². The Balaban J connectivity index is 1.49. The summed E-state index contributed by atoms with van der Waals surface area (Å²) in [7, 11) is 0. The van der Waals surface area contributed by atoms with Crippen LogP contribution in [0.25, 0.3) is 0 Å². The predicted octanol–water partition coefficient (Wildman–Crippen LogP) is 4.63. The van der Waals surface area contributed by atoms with Gasteiger partial charge in [-0.05, 0) is 75.0 Å². The molecule has 6 saturated carbocycles. The normalized spacial score (nSPS) is 51.7. The van der Waals surface area contributed by atoms with Crippen LogP contribution >= 0.6 is 0 Å². The lowest BCUT2D eigenvalue weighted by molar-refractivity contribution is -0.146. The summed E-state index contributed by atoms with van der Waals surface area (Å²) >= 11 is 0. The number of carbonyl (C=O) groups excluding carboxylic acids is 1. The second-order valence-corrected chi connectivity index (χ2v) is 10.4. The Bertz CT molecular complexity index is 651. The van der Waals surface area contributed by atoms with Crippen LogP contribution in [0.1, 0.15) is 71.1 Å². The second kappa shape index (κ2) is 4.88. The lowest BCUT2D eigenvalue weighted by atomic mass is 9.48. The van der Waals surface area contributed by atoms with E-state index in [1.165, 1.54) is 19.3 Å². The Morgan fingerprint density at radius 3 is 1.84 bits per heavy atom. The van der Waals surface area contributed by atoms with Crippen molar-refractivity contribution < 1.29 is 4.79 Å². The second-order valence-electron chi connectivity index (χ2n) is 10.4. The van der Waals surface area contributed by atoms with Crippen LogP contribution in [0.2, 0.25) is 0 Å². The van der Waals surface area contributed by atoms with Crippen molar-refractivity contribution >= 4 is 5.78 Å². The van der Waals surface area contributed by atoms with Gasteiger partial charge in [-0.25, -0.2) is 0 Å². The summed E-state index contributed by atoms with van der Waals surface area (Å²) < 4.78 is 0. The van der Waals surface area contributed by atoms with E-state index < -0.39 is 5.41 Å². The van der Waals surface area contributed by atoms with E-state index >= 15 is 0 Å². The number of nitrogens with zero attached hydrogens (tertiary/aromatic N) is 2. The largest absolute Gasteiger partial charge is 0.299 e. The van der Waals surface area contributed by atoms with Gasteiger partial charge in [0, 0.05) is 10.8 Å². The zero-order chi connectivity index (χ0) is 17.4. The third-order valence-corrected chi connectivity index (χ3v) is 9.03. The molecule has 0 aromatic carbocycles. The van der Waals surface area contributed by atoms with Crippen molar-refractivity contribution in [3.63, 3.8) is 0 Å². The smallest absolute Gasteiger partial charge is 0.160 e. The van der Waals surface area contributed by atoms with Crippen molar-refractivity contribution in [1.29, 1.82) is 10.5 Å². The van der Waals surface area contributed by atoms with Gasteiger partial charge in [0.1, 0.15) is 5.78 Å². The Morgan fingerprint density at radius 2 is 1.40 bits per heavy atom. The summed E-state index contributed by atoms with van der Waals surface area (Å²) in [5.74, 6) is 2.90. The molecule has 0 amide bonds. The number of hydrogen-bond acceptors (Lipinski definition) is 3. The molecule has 6 rings (SSSR count). The highest BCUT2D eigenvalue weighted by Crippen LogP contribution is 2.77. The van der Waals surface area contributed by atoms with E-state index in [2.05, 4.69) is 19.1 Å². The van der Waals surface area contributed by atoms with Gasteiger partial charge in [0.25, 0.3) is 0 Å². The van der Waals surface area contributed by atoms with Gasteiger partial charge in [-0.3, -0.25) is 4.79 Å². The SMILES string of the molecule is CC1CCC2(CC1)C(C(=O)C13CC4CC(CC(C4)C1)C3)C2(C#N)C#N. The Morgan fingerprint density at radius 1 is 0.920 bits per heavy atom. The summed E-state index contributed by atoms with van der Waals surface area (Å²) in [6.45, 7) is 2.26. The van der Waals surface area contributed by atoms with E-state index in [0.717, 1.165) is 62.7 Å². The van der Waals surface area contributed by atoms with Gasteiger partial charge >= 0.3 is 0 Å². The molecule has 1 unspecified atom stereocenters. The molecular weight excluding hydrogens is 308 g/mol. The zero-order valence-electron chi connectivity index (χ0n) is 15.3. The van der Waals surface area contributed by atoms with Gasteiger partial charge in [0.15, 0.2) is 5.41 Å². The summed E-state index contributed by atoms with van der Waals surface area (Å²) in [5, 5.41) is 19.8. The van der Waals surface area contributed by atoms with Crippen molar-refractivity contribution in [1.82, 2.24) is 0 Å². The van der Waals surface area contributed by atoms with Gasteiger partial charge in [-0.15, -0.1) is 0 Å². The van der Waals surface area contributed by atoms with Crippen molar-refractivity contribution in [2.24, 2.45) is 45.8 Å². The third-order valence-electron chi connectivity index (χ3n) is 9.03. The maximum absolute atomic E-state index is 13.8. The fraction of sp³-hybridized carbons (Fsp3) is 0.864. The first-order chi connectivity index (χ1) is 12.0. The topological polar surface area (TPSA) is 64.7 Å². The highest BCUT2D eigenvalue weighted by atomic mass is 16.1. The maximum Gasteiger partial charge on any atom is 0.160 e. The van der Waals surface area contributed by atoms with Gasteiger partial charge in [0.05, 0.1) is 18.1 Å². The summed E-state index contributed by atoms with van der Waals surface area (Å²) in [4.78, 5) is 13.8. The molecule has 3 nitrogen and oxygen atoms in total. The van der Waals surface area contributed by atoms with E-state index in [9.17, 15) is 15.3 Å². The zero-order valence-corrected chi connectivity index (χ0v) is 15.3. The quantitative estimate of drug-likeness (QED) is 0.738. The minimum atomic E-state index is -1.02. The Hall–Kier alpha value is -1.35. The Labute approximate surface area is 150 Å². The van der Waals surface area contributed by atoms with Crippen LogP contribution in [0.4, 0.5) is 0 Å². The first kappa shape index (κ1) is 15.9. The average Bonchev–Trinajstić information content (AvgIpc) is 3.16. The minimum Gasteiger partial charge on any atom is -0.299 e. The van der Waals surface area contributed by atoms with Gasteiger partial charge in [0.2, 0.25) is 0 Å². The average molecular weight is 336 g/mol. The van der Waals surface area contributed by atoms with E-state index in [-0.39, 0.29) is 16.7 Å². The number of carbonyl (C=O) groups is 1. The lowest BCUT2D eigenvalue weighted by Gasteiger charge is -2.56. The predicted molar refractivity (Wildman–Crippen MR) is 92.8 cm³/mol. The summed E-state index contributed by atoms with van der Waals surface area (Å²) in [5.41, 5.74) is -1.51. The monoisotopic (exact) mass is 336 g/mol.